The van der Waals surface area contributed by atoms with Crippen LogP contribution in [0.1, 0.15) is 40.0 Å². The van der Waals surface area contributed by atoms with E-state index in [1.807, 2.05) is 20.8 Å². The smallest absolute Gasteiger partial charge is 0.410 e. The molecule has 0 bridgehead atoms. The van der Waals surface area contributed by atoms with E-state index in [1.54, 1.807) is 30.3 Å². The van der Waals surface area contributed by atoms with E-state index in [9.17, 15) is 18.4 Å². The molecule has 0 saturated carbocycles. The molecule has 1 saturated heterocycles. The number of rotatable bonds is 9. The fourth-order valence-electron chi connectivity index (χ4n) is 4.97. The van der Waals surface area contributed by atoms with E-state index in [4.69, 9.17) is 14.2 Å². The lowest BCUT2D eigenvalue weighted by Crippen LogP contribution is -2.48. The first-order valence-electron chi connectivity index (χ1n) is 14.5. The van der Waals surface area contributed by atoms with Crippen LogP contribution in [-0.2, 0) is 16.1 Å². The molecule has 1 aliphatic rings. The molecule has 4 aromatic rings. The van der Waals surface area contributed by atoms with Gasteiger partial charge in [-0.05, 0) is 52.2 Å². The predicted octanol–water partition coefficient (Wildman–Crippen LogP) is 5.66. The van der Waals surface area contributed by atoms with E-state index in [0.29, 0.717) is 40.5 Å². The van der Waals surface area contributed by atoms with Gasteiger partial charge < -0.3 is 29.7 Å². The lowest BCUT2D eigenvalue weighted by molar-refractivity contribution is -0.116. The third kappa shape index (κ3) is 7.75. The zero-order valence-electron chi connectivity index (χ0n) is 25.5. The molecule has 12 nitrogen and oxygen atoms in total. The first-order valence-corrected chi connectivity index (χ1v) is 14.5. The Hall–Kier alpha value is -5.01. The van der Waals surface area contributed by atoms with Gasteiger partial charge in [0.1, 0.15) is 42.4 Å². The van der Waals surface area contributed by atoms with Gasteiger partial charge in [-0.2, -0.15) is 5.10 Å². The molecule has 3 heterocycles. The minimum atomic E-state index is -1.14. The Bertz CT molecular complexity index is 1690. The lowest BCUT2D eigenvalue weighted by Gasteiger charge is -2.36. The third-order valence-electron chi connectivity index (χ3n) is 7.02. The van der Waals surface area contributed by atoms with Crippen molar-refractivity contribution in [1.82, 2.24) is 24.6 Å². The van der Waals surface area contributed by atoms with Gasteiger partial charge in [0.15, 0.2) is 11.6 Å². The number of nitrogens with one attached hydrogen (secondary N) is 2. The van der Waals surface area contributed by atoms with Crippen molar-refractivity contribution in [3.05, 3.63) is 60.7 Å². The Balaban J connectivity index is 1.33. The maximum absolute atomic E-state index is 14.0. The molecule has 14 heteroatoms. The van der Waals surface area contributed by atoms with Gasteiger partial charge in [0.05, 0.1) is 41.6 Å². The molecule has 0 radical (unpaired) electrons. The number of anilines is 3. The summed E-state index contributed by atoms with van der Waals surface area (Å²) in [6.07, 6.45) is 6.70. The molecule has 1 fully saturated rings. The number of nitrogens with zero attached hydrogens (tertiary/aromatic N) is 5. The van der Waals surface area contributed by atoms with Crippen LogP contribution in [0.2, 0.25) is 0 Å². The zero-order chi connectivity index (χ0) is 32.1. The summed E-state index contributed by atoms with van der Waals surface area (Å²) in [6.45, 7) is 6.06. The Morgan fingerprint density at radius 1 is 1.13 bits per heavy atom. The van der Waals surface area contributed by atoms with Gasteiger partial charge in [0.2, 0.25) is 5.91 Å². The number of benzene rings is 2. The van der Waals surface area contributed by atoms with Crippen molar-refractivity contribution in [2.45, 2.75) is 58.2 Å². The van der Waals surface area contributed by atoms with Crippen molar-refractivity contribution in [1.29, 1.82) is 0 Å². The number of carbonyl (C=O) groups excluding carboxylic acids is 2. The van der Waals surface area contributed by atoms with E-state index in [2.05, 4.69) is 25.7 Å². The average Bonchev–Trinajstić information content (AvgIpc) is 3.43. The van der Waals surface area contributed by atoms with Gasteiger partial charge in [0.25, 0.3) is 0 Å². The molecule has 0 unspecified atom stereocenters. The summed E-state index contributed by atoms with van der Waals surface area (Å²) in [4.78, 5) is 35.9. The Labute approximate surface area is 258 Å². The second-order valence-corrected chi connectivity index (χ2v) is 11.6. The highest BCUT2D eigenvalue weighted by Crippen LogP contribution is 2.36. The van der Waals surface area contributed by atoms with Crippen LogP contribution in [0, 0.1) is 11.6 Å². The number of piperidine rings is 1. The van der Waals surface area contributed by atoms with Crippen molar-refractivity contribution in [2.75, 3.05) is 30.9 Å². The van der Waals surface area contributed by atoms with E-state index in [0.717, 1.165) is 25.3 Å². The second-order valence-electron chi connectivity index (χ2n) is 11.6. The van der Waals surface area contributed by atoms with Crippen molar-refractivity contribution < 1.29 is 32.6 Å². The molecule has 238 valence electrons. The molecule has 1 aliphatic heterocycles. The summed E-state index contributed by atoms with van der Waals surface area (Å²) in [5.74, 6) is -1.39. The summed E-state index contributed by atoms with van der Waals surface area (Å²) < 4.78 is 46.2. The SMILES string of the molecule is COc1cc(OC[C@H]2CCCCN2C(=O)OC(C)(C)C)c2c(Nc3cnn(CC(=O)Nc4cccc(F)c4F)c3)ncnc2c1. The summed E-state index contributed by atoms with van der Waals surface area (Å²) in [5.41, 5.74) is 0.184. The number of hydrogen-bond acceptors (Lipinski definition) is 9. The minimum absolute atomic E-state index is 0.193. The zero-order valence-corrected chi connectivity index (χ0v) is 25.5. The van der Waals surface area contributed by atoms with Gasteiger partial charge in [-0.25, -0.2) is 23.5 Å². The minimum Gasteiger partial charge on any atom is -0.497 e. The number of aromatic nitrogens is 4. The Kier molecular flexibility index (Phi) is 9.30. The standard InChI is InChI=1S/C31H35F2N7O5/c1-31(2,3)45-30(42)40-11-6-5-8-20(40)17-44-25-13-21(43-4)12-24-27(25)29(35-18-34-24)37-19-14-36-39(15-19)16-26(41)38-23-10-7-9-22(32)28(23)33/h7,9-10,12-15,18,20H,5-6,8,11,16-17H2,1-4H3,(H,38,41)(H,34,35,37)/t20-/m1/s1. The fourth-order valence-corrected chi connectivity index (χ4v) is 4.97. The predicted molar refractivity (Wildman–Crippen MR) is 163 cm³/mol. The first-order chi connectivity index (χ1) is 21.5. The fraction of sp³-hybridized carbons (Fsp3) is 0.387. The highest BCUT2D eigenvalue weighted by Gasteiger charge is 2.31. The molecule has 0 aliphatic carbocycles. The molecule has 2 aromatic heterocycles. The van der Waals surface area contributed by atoms with E-state index >= 15 is 0 Å². The molecular weight excluding hydrogens is 588 g/mol. The summed E-state index contributed by atoms with van der Waals surface area (Å²) in [7, 11) is 1.55. The monoisotopic (exact) mass is 623 g/mol. The molecule has 45 heavy (non-hydrogen) atoms. The highest BCUT2D eigenvalue weighted by atomic mass is 19.2. The van der Waals surface area contributed by atoms with Gasteiger partial charge >= 0.3 is 6.09 Å². The van der Waals surface area contributed by atoms with Crippen LogP contribution in [-0.4, -0.2) is 68.6 Å². The summed E-state index contributed by atoms with van der Waals surface area (Å²) in [6, 6.07) is 6.83. The number of hydrogen-bond donors (Lipinski definition) is 2. The second kappa shape index (κ2) is 13.3. The molecule has 2 amide bonds. The molecule has 5 rings (SSSR count). The maximum atomic E-state index is 14.0. The van der Waals surface area contributed by atoms with Crippen LogP contribution in [0.3, 0.4) is 0 Å². The Morgan fingerprint density at radius 2 is 1.96 bits per heavy atom. The van der Waals surface area contributed by atoms with Crippen LogP contribution in [0.25, 0.3) is 10.9 Å². The van der Waals surface area contributed by atoms with Crippen LogP contribution in [0.5, 0.6) is 11.5 Å². The molecular formula is C31H35F2N7O5. The summed E-state index contributed by atoms with van der Waals surface area (Å²) in [5, 5.41) is 10.3. The van der Waals surface area contributed by atoms with Gasteiger partial charge in [0, 0.05) is 24.9 Å². The van der Waals surface area contributed by atoms with Gasteiger partial charge in [-0.3, -0.25) is 9.48 Å². The Morgan fingerprint density at radius 3 is 2.73 bits per heavy atom. The normalized spacial score (nSPS) is 15.1. The average molecular weight is 624 g/mol. The molecule has 1 atom stereocenters. The van der Waals surface area contributed by atoms with Crippen LogP contribution in [0.4, 0.5) is 30.8 Å². The quantitative estimate of drug-likeness (QED) is 0.242. The van der Waals surface area contributed by atoms with Crippen LogP contribution in [0.15, 0.2) is 49.1 Å². The molecule has 0 spiro atoms. The van der Waals surface area contributed by atoms with Gasteiger partial charge in [-0.1, -0.05) is 6.07 Å². The molecule has 2 aromatic carbocycles. The van der Waals surface area contributed by atoms with Gasteiger partial charge in [-0.15, -0.1) is 0 Å². The highest BCUT2D eigenvalue weighted by molar-refractivity contribution is 5.97. The first kappa shape index (κ1) is 31.4. The van der Waals surface area contributed by atoms with E-state index in [-0.39, 0.29) is 31.0 Å². The van der Waals surface area contributed by atoms with Crippen molar-refractivity contribution in [3.63, 3.8) is 0 Å². The number of methoxy groups -OCH3 is 1. The number of halogens is 2. The van der Waals surface area contributed by atoms with E-state index < -0.39 is 23.1 Å². The number of likely N-dealkylation sites (tertiary alicyclic amines) is 1. The number of carbonyl (C=O) groups is 2. The molecule has 2 N–H and O–H groups in total. The van der Waals surface area contributed by atoms with Crippen molar-refractivity contribution >= 4 is 40.1 Å². The van der Waals surface area contributed by atoms with E-state index in [1.165, 1.54) is 29.3 Å². The number of ether oxygens (including phenoxy) is 3. The number of fused-ring (bicyclic) bond motifs is 1. The largest absolute Gasteiger partial charge is 0.497 e. The number of amides is 2. The third-order valence-corrected chi connectivity index (χ3v) is 7.02. The van der Waals surface area contributed by atoms with Crippen LogP contribution >= 0.6 is 0 Å². The topological polar surface area (TPSA) is 133 Å². The maximum Gasteiger partial charge on any atom is 0.410 e. The van der Waals surface area contributed by atoms with Crippen LogP contribution < -0.4 is 20.1 Å². The lowest BCUT2D eigenvalue weighted by atomic mass is 10.0. The summed E-state index contributed by atoms with van der Waals surface area (Å²) >= 11 is 0. The van der Waals surface area contributed by atoms with Crippen molar-refractivity contribution in [2.24, 2.45) is 0 Å². The van der Waals surface area contributed by atoms with Crippen molar-refractivity contribution in [3.8, 4) is 11.5 Å².